The molecule has 0 radical (unpaired) electrons. The van der Waals surface area contributed by atoms with Crippen LogP contribution < -0.4 is 11.4 Å². The quantitative estimate of drug-likeness (QED) is 0.617. The average Bonchev–Trinajstić information content (AvgIpc) is 2.74. The van der Waals surface area contributed by atoms with E-state index in [9.17, 15) is 9.36 Å². The summed E-state index contributed by atoms with van der Waals surface area (Å²) >= 11 is 0. The van der Waals surface area contributed by atoms with Gasteiger partial charge in [0.15, 0.2) is 0 Å². The standard InChI is InChI=1S/C9H14N3O6P/c10-8-1-2-12(9(13)11-8)6-3-7(17-4-6)5-18-19(14,15)16/h1-2,6-7H,3-5H2,(H2,10,11,13)(H2,14,15,16)/t6?,7-/m0/s1. The Kier molecular flexibility index (Phi) is 4.02. The number of anilines is 1. The molecule has 0 aliphatic carbocycles. The van der Waals surface area contributed by atoms with Crippen LogP contribution in [-0.2, 0) is 13.8 Å². The third-order valence-corrected chi connectivity index (χ3v) is 3.22. The van der Waals surface area contributed by atoms with Crippen LogP contribution in [0.15, 0.2) is 17.1 Å². The van der Waals surface area contributed by atoms with Crippen molar-refractivity contribution < 1.29 is 23.6 Å². The Morgan fingerprint density at radius 2 is 2.37 bits per heavy atom. The molecule has 0 amide bonds. The zero-order valence-corrected chi connectivity index (χ0v) is 10.8. The first kappa shape index (κ1) is 14.2. The summed E-state index contributed by atoms with van der Waals surface area (Å²) in [7, 11) is -4.50. The van der Waals surface area contributed by atoms with Crippen LogP contribution in [0.25, 0.3) is 0 Å². The first-order valence-electron chi connectivity index (χ1n) is 5.51. The maximum Gasteiger partial charge on any atom is 0.469 e. The molecule has 19 heavy (non-hydrogen) atoms. The lowest BCUT2D eigenvalue weighted by Gasteiger charge is -2.12. The number of aromatic nitrogens is 2. The van der Waals surface area contributed by atoms with Gasteiger partial charge in [-0.2, -0.15) is 4.98 Å². The zero-order chi connectivity index (χ0) is 14.0. The minimum absolute atomic E-state index is 0.140. The second-order valence-electron chi connectivity index (χ2n) is 4.17. The molecule has 2 rings (SSSR count). The molecular weight excluding hydrogens is 277 g/mol. The molecule has 1 aromatic heterocycles. The minimum atomic E-state index is -4.50. The van der Waals surface area contributed by atoms with Gasteiger partial charge in [-0.3, -0.25) is 9.09 Å². The van der Waals surface area contributed by atoms with Crippen LogP contribution in [0.4, 0.5) is 5.82 Å². The van der Waals surface area contributed by atoms with Crippen LogP contribution in [0, 0.1) is 0 Å². The fraction of sp³-hybridized carbons (Fsp3) is 0.556. The van der Waals surface area contributed by atoms with Gasteiger partial charge in [-0.15, -0.1) is 0 Å². The molecule has 1 saturated heterocycles. The summed E-state index contributed by atoms with van der Waals surface area (Å²) in [5.74, 6) is 0.140. The maximum absolute atomic E-state index is 11.6. The van der Waals surface area contributed by atoms with Gasteiger partial charge in [-0.1, -0.05) is 0 Å². The van der Waals surface area contributed by atoms with E-state index >= 15 is 0 Å². The Bertz CT molecular complexity index is 555. The molecule has 1 fully saturated rings. The molecule has 2 atom stereocenters. The molecule has 9 nitrogen and oxygen atoms in total. The first-order valence-corrected chi connectivity index (χ1v) is 7.04. The molecular formula is C9H14N3O6P. The Hall–Kier alpha value is -1.25. The van der Waals surface area contributed by atoms with Crippen LogP contribution in [0.5, 0.6) is 0 Å². The van der Waals surface area contributed by atoms with Crippen LogP contribution in [-0.4, -0.2) is 38.7 Å². The van der Waals surface area contributed by atoms with Crippen LogP contribution in [0.1, 0.15) is 12.5 Å². The summed E-state index contributed by atoms with van der Waals surface area (Å²) in [6.45, 7) is 0.0264. The van der Waals surface area contributed by atoms with Crippen LogP contribution in [0.2, 0.25) is 0 Å². The van der Waals surface area contributed by atoms with Gasteiger partial charge in [0.2, 0.25) is 0 Å². The highest BCUT2D eigenvalue weighted by atomic mass is 31.2. The maximum atomic E-state index is 11.6. The smallest absolute Gasteiger partial charge is 0.383 e. The van der Waals surface area contributed by atoms with Crippen molar-refractivity contribution in [2.24, 2.45) is 0 Å². The molecule has 4 N–H and O–H groups in total. The fourth-order valence-electron chi connectivity index (χ4n) is 1.88. The van der Waals surface area contributed by atoms with Crippen molar-refractivity contribution in [1.29, 1.82) is 0 Å². The molecule has 106 valence electrons. The number of nitrogens with zero attached hydrogens (tertiary/aromatic N) is 2. The van der Waals surface area contributed by atoms with E-state index in [-0.39, 0.29) is 25.1 Å². The van der Waals surface area contributed by atoms with Crippen LogP contribution in [0.3, 0.4) is 0 Å². The van der Waals surface area contributed by atoms with Gasteiger partial charge in [0.05, 0.1) is 25.4 Å². The van der Waals surface area contributed by atoms with Crippen molar-refractivity contribution >= 4 is 13.6 Å². The van der Waals surface area contributed by atoms with E-state index in [1.807, 2.05) is 0 Å². The van der Waals surface area contributed by atoms with Gasteiger partial charge in [0.25, 0.3) is 0 Å². The Labute approximate surface area is 108 Å². The van der Waals surface area contributed by atoms with Gasteiger partial charge in [0.1, 0.15) is 5.82 Å². The predicted molar refractivity (Wildman–Crippen MR) is 64.3 cm³/mol. The lowest BCUT2D eigenvalue weighted by molar-refractivity contribution is 0.0533. The molecule has 0 saturated carbocycles. The zero-order valence-electron chi connectivity index (χ0n) is 9.88. The highest BCUT2D eigenvalue weighted by Gasteiger charge is 2.29. The summed E-state index contributed by atoms with van der Waals surface area (Å²) < 4.78 is 21.6. The van der Waals surface area contributed by atoms with E-state index in [1.165, 1.54) is 16.8 Å². The van der Waals surface area contributed by atoms with Crippen LogP contribution >= 0.6 is 7.82 Å². The molecule has 1 aromatic rings. The normalized spacial score (nSPS) is 23.7. The number of nitrogen functional groups attached to an aromatic ring is 1. The van der Waals surface area contributed by atoms with Crippen molar-refractivity contribution in [1.82, 2.24) is 9.55 Å². The Morgan fingerprint density at radius 3 is 3.00 bits per heavy atom. The number of phosphoric ester groups is 1. The van der Waals surface area contributed by atoms with Gasteiger partial charge >= 0.3 is 13.5 Å². The molecule has 1 aliphatic heterocycles. The van der Waals surface area contributed by atoms with E-state index in [0.29, 0.717) is 6.42 Å². The number of hydrogen-bond donors (Lipinski definition) is 3. The van der Waals surface area contributed by atoms with Gasteiger partial charge in [-0.25, -0.2) is 9.36 Å². The lowest BCUT2D eigenvalue weighted by atomic mass is 10.2. The third-order valence-electron chi connectivity index (χ3n) is 2.73. The largest absolute Gasteiger partial charge is 0.469 e. The number of nitrogens with two attached hydrogens (primary N) is 1. The van der Waals surface area contributed by atoms with E-state index < -0.39 is 19.6 Å². The van der Waals surface area contributed by atoms with Crippen molar-refractivity contribution in [2.45, 2.75) is 18.6 Å². The Morgan fingerprint density at radius 1 is 1.63 bits per heavy atom. The summed E-state index contributed by atoms with van der Waals surface area (Å²) in [5.41, 5.74) is 4.91. The number of hydrogen-bond acceptors (Lipinski definition) is 6. The molecule has 2 heterocycles. The van der Waals surface area contributed by atoms with E-state index in [1.54, 1.807) is 0 Å². The SMILES string of the molecule is Nc1ccn(C2CO[C@H](COP(=O)(O)O)C2)c(=O)n1. The highest BCUT2D eigenvalue weighted by molar-refractivity contribution is 7.46. The van der Waals surface area contributed by atoms with Crippen molar-refractivity contribution in [3.8, 4) is 0 Å². The second-order valence-corrected chi connectivity index (χ2v) is 5.41. The number of phosphoric acid groups is 1. The highest BCUT2D eigenvalue weighted by Crippen LogP contribution is 2.37. The summed E-state index contributed by atoms with van der Waals surface area (Å²) in [4.78, 5) is 32.4. The lowest BCUT2D eigenvalue weighted by Crippen LogP contribution is -2.27. The predicted octanol–water partition coefficient (Wildman–Crippen LogP) is -0.735. The summed E-state index contributed by atoms with van der Waals surface area (Å²) in [6, 6.07) is 1.26. The number of rotatable bonds is 4. The third kappa shape index (κ3) is 3.85. The van der Waals surface area contributed by atoms with E-state index in [2.05, 4.69) is 9.51 Å². The van der Waals surface area contributed by atoms with Crippen molar-refractivity contribution in [3.63, 3.8) is 0 Å². The average molecular weight is 291 g/mol. The van der Waals surface area contributed by atoms with Gasteiger partial charge < -0.3 is 20.3 Å². The molecule has 1 unspecified atom stereocenters. The topological polar surface area (TPSA) is 137 Å². The fourth-order valence-corrected chi connectivity index (χ4v) is 2.24. The second kappa shape index (κ2) is 5.40. The van der Waals surface area contributed by atoms with E-state index in [0.717, 1.165) is 0 Å². The summed E-state index contributed by atoms with van der Waals surface area (Å²) in [6.07, 6.45) is 1.46. The van der Waals surface area contributed by atoms with Crippen molar-refractivity contribution in [2.75, 3.05) is 18.9 Å². The Balaban J connectivity index is 1.98. The molecule has 1 aliphatic rings. The molecule has 10 heteroatoms. The van der Waals surface area contributed by atoms with Crippen molar-refractivity contribution in [3.05, 3.63) is 22.7 Å². The number of ether oxygens (including phenoxy) is 1. The van der Waals surface area contributed by atoms with Gasteiger partial charge in [0, 0.05) is 6.20 Å². The molecule has 0 aromatic carbocycles. The van der Waals surface area contributed by atoms with E-state index in [4.69, 9.17) is 20.3 Å². The monoisotopic (exact) mass is 291 g/mol. The van der Waals surface area contributed by atoms with Gasteiger partial charge in [-0.05, 0) is 12.5 Å². The molecule has 0 bridgehead atoms. The minimum Gasteiger partial charge on any atom is -0.383 e. The summed E-state index contributed by atoms with van der Waals surface area (Å²) in [5, 5.41) is 0. The molecule has 0 spiro atoms. The first-order chi connectivity index (χ1) is 8.85.